The van der Waals surface area contributed by atoms with Crippen LogP contribution in [0.15, 0.2) is 12.1 Å². The van der Waals surface area contributed by atoms with Gasteiger partial charge in [0.25, 0.3) is 0 Å². The smallest absolute Gasteiger partial charge is 0.161 e. The summed E-state index contributed by atoms with van der Waals surface area (Å²) in [6.45, 7) is 0.711. The summed E-state index contributed by atoms with van der Waals surface area (Å²) in [5.41, 5.74) is 8.28. The number of hydrogen-bond acceptors (Lipinski definition) is 3. The Labute approximate surface area is 83.8 Å². The van der Waals surface area contributed by atoms with Gasteiger partial charge in [-0.25, -0.2) is 0 Å². The van der Waals surface area contributed by atoms with E-state index in [1.54, 1.807) is 14.2 Å². The number of nitrogens with two attached hydrogens (primary N) is 1. The first kappa shape index (κ1) is 9.34. The molecule has 0 radical (unpaired) electrons. The Morgan fingerprint density at radius 2 is 1.93 bits per heavy atom. The van der Waals surface area contributed by atoms with Crippen LogP contribution < -0.4 is 15.2 Å². The highest BCUT2D eigenvalue weighted by molar-refractivity contribution is 5.53. The Hall–Kier alpha value is -1.22. The van der Waals surface area contributed by atoms with Crippen LogP contribution in [0.25, 0.3) is 0 Å². The van der Waals surface area contributed by atoms with Crippen molar-refractivity contribution in [2.24, 2.45) is 5.73 Å². The van der Waals surface area contributed by atoms with E-state index < -0.39 is 0 Å². The van der Waals surface area contributed by atoms with Crippen molar-refractivity contribution in [1.29, 1.82) is 0 Å². The molecule has 2 rings (SSSR count). The molecule has 0 aliphatic heterocycles. The maximum Gasteiger partial charge on any atom is 0.161 e. The van der Waals surface area contributed by atoms with Crippen molar-refractivity contribution in [3.63, 3.8) is 0 Å². The molecule has 0 fully saturated rings. The van der Waals surface area contributed by atoms with Crippen molar-refractivity contribution in [2.45, 2.75) is 12.3 Å². The molecule has 0 bridgehead atoms. The molecule has 1 aliphatic rings. The number of fused-ring (bicyclic) bond motifs is 1. The van der Waals surface area contributed by atoms with Crippen LogP contribution in [-0.2, 0) is 6.42 Å². The lowest BCUT2D eigenvalue weighted by atomic mass is 9.77. The van der Waals surface area contributed by atoms with Crippen molar-refractivity contribution in [3.05, 3.63) is 23.3 Å². The van der Waals surface area contributed by atoms with Gasteiger partial charge in [0, 0.05) is 5.92 Å². The van der Waals surface area contributed by atoms with E-state index >= 15 is 0 Å². The molecule has 3 heteroatoms. The summed E-state index contributed by atoms with van der Waals surface area (Å²) >= 11 is 0. The van der Waals surface area contributed by atoms with Gasteiger partial charge in [0.1, 0.15) is 0 Å². The van der Waals surface area contributed by atoms with E-state index in [4.69, 9.17) is 15.2 Å². The Morgan fingerprint density at radius 1 is 1.29 bits per heavy atom. The standard InChI is InChI=1S/C11H15NO2/c1-13-10-4-7-3-8(6-12)9(7)5-11(10)14-2/h4-5,8H,3,6,12H2,1-2H3/t8-/m0/s1. The van der Waals surface area contributed by atoms with Gasteiger partial charge in [0.05, 0.1) is 14.2 Å². The minimum atomic E-state index is 0.504. The van der Waals surface area contributed by atoms with Gasteiger partial charge in [-0.2, -0.15) is 0 Å². The van der Waals surface area contributed by atoms with E-state index in [-0.39, 0.29) is 0 Å². The average Bonchev–Trinajstić information content (AvgIpc) is 2.20. The second-order valence-electron chi connectivity index (χ2n) is 3.54. The van der Waals surface area contributed by atoms with Crippen molar-refractivity contribution >= 4 is 0 Å². The van der Waals surface area contributed by atoms with Gasteiger partial charge in [-0.1, -0.05) is 0 Å². The second-order valence-corrected chi connectivity index (χ2v) is 3.54. The molecule has 0 heterocycles. The quantitative estimate of drug-likeness (QED) is 0.787. The molecule has 1 aromatic rings. The Bertz CT molecular complexity index is 349. The molecule has 1 aromatic carbocycles. The van der Waals surface area contributed by atoms with Gasteiger partial charge in [0.2, 0.25) is 0 Å². The second kappa shape index (κ2) is 3.50. The Balaban J connectivity index is 2.38. The van der Waals surface area contributed by atoms with Gasteiger partial charge in [0.15, 0.2) is 11.5 Å². The first-order valence-electron chi connectivity index (χ1n) is 4.75. The molecular weight excluding hydrogens is 178 g/mol. The van der Waals surface area contributed by atoms with E-state index in [1.165, 1.54) is 11.1 Å². The summed E-state index contributed by atoms with van der Waals surface area (Å²) in [5, 5.41) is 0. The molecule has 14 heavy (non-hydrogen) atoms. The zero-order chi connectivity index (χ0) is 10.1. The van der Waals surface area contributed by atoms with Gasteiger partial charge in [-0.05, 0) is 36.2 Å². The highest BCUT2D eigenvalue weighted by Gasteiger charge is 2.26. The third-order valence-corrected chi connectivity index (χ3v) is 2.84. The maximum absolute atomic E-state index is 5.64. The topological polar surface area (TPSA) is 44.5 Å². The molecule has 0 unspecified atom stereocenters. The molecule has 0 aromatic heterocycles. The highest BCUT2D eigenvalue weighted by atomic mass is 16.5. The third-order valence-electron chi connectivity index (χ3n) is 2.84. The number of methoxy groups -OCH3 is 2. The molecular formula is C11H15NO2. The van der Waals surface area contributed by atoms with Crippen molar-refractivity contribution < 1.29 is 9.47 Å². The van der Waals surface area contributed by atoms with Crippen molar-refractivity contribution in [2.75, 3.05) is 20.8 Å². The summed E-state index contributed by atoms with van der Waals surface area (Å²) in [7, 11) is 3.31. The minimum Gasteiger partial charge on any atom is -0.493 e. The van der Waals surface area contributed by atoms with Crippen molar-refractivity contribution in [3.8, 4) is 11.5 Å². The molecule has 76 valence electrons. The summed E-state index contributed by atoms with van der Waals surface area (Å²) in [6.07, 6.45) is 1.06. The van der Waals surface area contributed by atoms with Crippen LogP contribution in [0.1, 0.15) is 17.0 Å². The Kier molecular flexibility index (Phi) is 2.33. The largest absolute Gasteiger partial charge is 0.493 e. The van der Waals surface area contributed by atoms with Gasteiger partial charge >= 0.3 is 0 Å². The summed E-state index contributed by atoms with van der Waals surface area (Å²) in [6, 6.07) is 4.08. The fraction of sp³-hybridized carbons (Fsp3) is 0.455. The van der Waals surface area contributed by atoms with E-state index in [0.29, 0.717) is 12.5 Å². The van der Waals surface area contributed by atoms with Crippen LogP contribution in [0.4, 0.5) is 0 Å². The fourth-order valence-corrected chi connectivity index (χ4v) is 1.95. The van der Waals surface area contributed by atoms with Crippen LogP contribution >= 0.6 is 0 Å². The molecule has 3 nitrogen and oxygen atoms in total. The molecule has 1 atom stereocenters. The van der Waals surface area contributed by atoms with E-state index in [9.17, 15) is 0 Å². The van der Waals surface area contributed by atoms with Crippen LogP contribution in [0, 0.1) is 0 Å². The summed E-state index contributed by atoms with van der Waals surface area (Å²) in [5.74, 6) is 2.11. The number of benzene rings is 1. The van der Waals surface area contributed by atoms with Gasteiger partial charge in [-0.3, -0.25) is 0 Å². The zero-order valence-electron chi connectivity index (χ0n) is 8.54. The summed E-state index contributed by atoms with van der Waals surface area (Å²) in [4.78, 5) is 0. The van der Waals surface area contributed by atoms with Gasteiger partial charge < -0.3 is 15.2 Å². The third kappa shape index (κ3) is 1.24. The number of ether oxygens (including phenoxy) is 2. The first-order chi connectivity index (χ1) is 6.80. The molecule has 0 saturated carbocycles. The van der Waals surface area contributed by atoms with Crippen molar-refractivity contribution in [1.82, 2.24) is 0 Å². The normalized spacial score (nSPS) is 18.4. The average molecular weight is 193 g/mol. The zero-order valence-corrected chi connectivity index (χ0v) is 8.54. The highest BCUT2D eigenvalue weighted by Crippen LogP contribution is 2.41. The maximum atomic E-state index is 5.64. The summed E-state index contributed by atoms with van der Waals surface area (Å²) < 4.78 is 10.5. The molecule has 0 saturated heterocycles. The molecule has 1 aliphatic carbocycles. The van der Waals surface area contributed by atoms with Crippen LogP contribution in [0.2, 0.25) is 0 Å². The SMILES string of the molecule is COc1cc2c(cc1OC)[C@H](CN)C2. The van der Waals surface area contributed by atoms with E-state index in [2.05, 4.69) is 0 Å². The lowest BCUT2D eigenvalue weighted by molar-refractivity contribution is 0.352. The predicted octanol–water partition coefficient (Wildman–Crippen LogP) is 1.30. The first-order valence-corrected chi connectivity index (χ1v) is 4.75. The number of rotatable bonds is 3. The predicted molar refractivity (Wildman–Crippen MR) is 55.0 cm³/mol. The van der Waals surface area contributed by atoms with Gasteiger partial charge in [-0.15, -0.1) is 0 Å². The fourth-order valence-electron chi connectivity index (χ4n) is 1.95. The van der Waals surface area contributed by atoms with E-state index in [1.807, 2.05) is 12.1 Å². The Morgan fingerprint density at radius 3 is 2.50 bits per heavy atom. The van der Waals surface area contributed by atoms with E-state index in [0.717, 1.165) is 17.9 Å². The monoisotopic (exact) mass is 193 g/mol. The lowest BCUT2D eigenvalue weighted by Gasteiger charge is -2.30. The molecule has 0 spiro atoms. The number of hydrogen-bond donors (Lipinski definition) is 1. The molecule has 0 amide bonds. The van der Waals surface area contributed by atoms with Crippen LogP contribution in [-0.4, -0.2) is 20.8 Å². The minimum absolute atomic E-state index is 0.504. The lowest BCUT2D eigenvalue weighted by Crippen LogP contribution is -2.24. The van der Waals surface area contributed by atoms with Crippen LogP contribution in [0.5, 0.6) is 11.5 Å². The van der Waals surface area contributed by atoms with Crippen LogP contribution in [0.3, 0.4) is 0 Å². The molecule has 2 N–H and O–H groups in total.